The summed E-state index contributed by atoms with van der Waals surface area (Å²) in [5.74, 6) is 0.500. The summed E-state index contributed by atoms with van der Waals surface area (Å²) >= 11 is 2.38. The highest BCUT2D eigenvalue weighted by Crippen LogP contribution is 2.22. The first-order valence-electron chi connectivity index (χ1n) is 5.10. The molecule has 0 spiro atoms. The summed E-state index contributed by atoms with van der Waals surface area (Å²) in [5, 5.41) is 0. The normalized spacial score (nSPS) is 13.3. The average molecular weight is 303 g/mol. The number of halogens is 1. The molecule has 2 heteroatoms. The highest BCUT2D eigenvalue weighted by Gasteiger charge is 2.11. The zero-order valence-electron chi connectivity index (χ0n) is 9.05. The largest absolute Gasteiger partial charge is 0.324 e. The molecule has 1 rings (SSSR count). The third-order valence-corrected chi connectivity index (χ3v) is 3.61. The standard InChI is InChI=1S/C12H18IN/c1-4-9-7-10(5-6-11(9)13)12(14)8(2)3/h5-8,12H,4,14H2,1-3H3. The number of benzene rings is 1. The van der Waals surface area contributed by atoms with Crippen molar-refractivity contribution in [3.05, 3.63) is 32.9 Å². The molecule has 0 radical (unpaired) electrons. The molecule has 0 fully saturated rings. The van der Waals surface area contributed by atoms with Gasteiger partial charge in [0.25, 0.3) is 0 Å². The first-order chi connectivity index (χ1) is 6.56. The van der Waals surface area contributed by atoms with Crippen LogP contribution in [0.5, 0.6) is 0 Å². The predicted octanol–water partition coefficient (Wildman–Crippen LogP) is 3.51. The Bertz CT molecular complexity index is 307. The van der Waals surface area contributed by atoms with Crippen molar-refractivity contribution in [1.82, 2.24) is 0 Å². The molecule has 0 aliphatic rings. The van der Waals surface area contributed by atoms with Gasteiger partial charge in [-0.25, -0.2) is 0 Å². The van der Waals surface area contributed by atoms with Crippen molar-refractivity contribution < 1.29 is 0 Å². The molecule has 2 N–H and O–H groups in total. The summed E-state index contributed by atoms with van der Waals surface area (Å²) in [6.07, 6.45) is 1.08. The van der Waals surface area contributed by atoms with Gasteiger partial charge in [-0.3, -0.25) is 0 Å². The summed E-state index contributed by atoms with van der Waals surface area (Å²) in [6.45, 7) is 6.50. The van der Waals surface area contributed by atoms with Crippen LogP contribution in [0, 0.1) is 9.49 Å². The van der Waals surface area contributed by atoms with Crippen LogP contribution in [0.1, 0.15) is 37.9 Å². The minimum Gasteiger partial charge on any atom is -0.324 e. The number of hydrogen-bond acceptors (Lipinski definition) is 1. The summed E-state index contributed by atoms with van der Waals surface area (Å²) in [7, 11) is 0. The maximum absolute atomic E-state index is 6.11. The molecule has 14 heavy (non-hydrogen) atoms. The van der Waals surface area contributed by atoms with E-state index in [4.69, 9.17) is 5.73 Å². The molecular weight excluding hydrogens is 285 g/mol. The second kappa shape index (κ2) is 5.12. The Kier molecular flexibility index (Phi) is 4.38. The third-order valence-electron chi connectivity index (χ3n) is 2.55. The Morgan fingerprint density at radius 1 is 1.36 bits per heavy atom. The molecule has 0 saturated carbocycles. The fourth-order valence-electron chi connectivity index (χ4n) is 1.46. The molecule has 78 valence electrons. The van der Waals surface area contributed by atoms with Gasteiger partial charge in [-0.15, -0.1) is 0 Å². The van der Waals surface area contributed by atoms with E-state index in [1.807, 2.05) is 0 Å². The Balaban J connectivity index is 3.00. The van der Waals surface area contributed by atoms with Crippen molar-refractivity contribution in [3.63, 3.8) is 0 Å². The molecule has 0 saturated heterocycles. The van der Waals surface area contributed by atoms with Gasteiger partial charge in [0.15, 0.2) is 0 Å². The zero-order valence-corrected chi connectivity index (χ0v) is 11.2. The van der Waals surface area contributed by atoms with Crippen molar-refractivity contribution in [2.45, 2.75) is 33.2 Å². The van der Waals surface area contributed by atoms with Gasteiger partial charge in [0, 0.05) is 9.61 Å². The van der Waals surface area contributed by atoms with E-state index in [0.717, 1.165) is 6.42 Å². The second-order valence-corrected chi connectivity index (χ2v) is 5.14. The molecule has 0 aromatic heterocycles. The van der Waals surface area contributed by atoms with E-state index in [-0.39, 0.29) is 6.04 Å². The van der Waals surface area contributed by atoms with E-state index in [2.05, 4.69) is 61.6 Å². The van der Waals surface area contributed by atoms with Crippen LogP contribution in [0.25, 0.3) is 0 Å². The zero-order chi connectivity index (χ0) is 10.7. The van der Waals surface area contributed by atoms with Crippen molar-refractivity contribution >= 4 is 22.6 Å². The van der Waals surface area contributed by atoms with E-state index >= 15 is 0 Å². The molecule has 0 aliphatic carbocycles. The van der Waals surface area contributed by atoms with Crippen LogP contribution in [-0.4, -0.2) is 0 Å². The Morgan fingerprint density at radius 3 is 2.50 bits per heavy atom. The second-order valence-electron chi connectivity index (χ2n) is 3.97. The number of rotatable bonds is 3. The van der Waals surface area contributed by atoms with Crippen LogP contribution in [-0.2, 0) is 6.42 Å². The van der Waals surface area contributed by atoms with Crippen LogP contribution < -0.4 is 5.73 Å². The topological polar surface area (TPSA) is 26.0 Å². The number of hydrogen-bond donors (Lipinski definition) is 1. The van der Waals surface area contributed by atoms with Gasteiger partial charge in [-0.05, 0) is 52.1 Å². The number of nitrogens with two attached hydrogens (primary N) is 1. The third kappa shape index (κ3) is 2.70. The van der Waals surface area contributed by atoms with E-state index in [1.165, 1.54) is 14.7 Å². The smallest absolute Gasteiger partial charge is 0.0318 e. The van der Waals surface area contributed by atoms with Crippen LogP contribution in [0.4, 0.5) is 0 Å². The van der Waals surface area contributed by atoms with E-state index in [9.17, 15) is 0 Å². The van der Waals surface area contributed by atoms with Crippen LogP contribution >= 0.6 is 22.6 Å². The van der Waals surface area contributed by atoms with Gasteiger partial charge in [-0.2, -0.15) is 0 Å². The minimum absolute atomic E-state index is 0.164. The Morgan fingerprint density at radius 2 is 2.00 bits per heavy atom. The lowest BCUT2D eigenvalue weighted by Gasteiger charge is -2.17. The lowest BCUT2D eigenvalue weighted by Crippen LogP contribution is -2.16. The SMILES string of the molecule is CCc1cc(C(N)C(C)C)ccc1I. The number of aryl methyl sites for hydroxylation is 1. The van der Waals surface area contributed by atoms with Crippen LogP contribution in [0.15, 0.2) is 18.2 Å². The van der Waals surface area contributed by atoms with Gasteiger partial charge < -0.3 is 5.73 Å². The molecule has 1 unspecified atom stereocenters. The van der Waals surface area contributed by atoms with E-state index in [1.54, 1.807) is 0 Å². The highest BCUT2D eigenvalue weighted by atomic mass is 127. The van der Waals surface area contributed by atoms with Crippen molar-refractivity contribution in [1.29, 1.82) is 0 Å². The fraction of sp³-hybridized carbons (Fsp3) is 0.500. The van der Waals surface area contributed by atoms with Gasteiger partial charge in [-0.1, -0.05) is 32.9 Å². The maximum atomic E-state index is 6.11. The first-order valence-corrected chi connectivity index (χ1v) is 6.18. The van der Waals surface area contributed by atoms with E-state index < -0.39 is 0 Å². The molecule has 1 aromatic rings. The highest BCUT2D eigenvalue weighted by molar-refractivity contribution is 14.1. The van der Waals surface area contributed by atoms with Gasteiger partial charge >= 0.3 is 0 Å². The molecule has 0 amide bonds. The molecule has 1 aromatic carbocycles. The summed E-state index contributed by atoms with van der Waals surface area (Å²) < 4.78 is 1.34. The van der Waals surface area contributed by atoms with Crippen molar-refractivity contribution in [2.24, 2.45) is 11.7 Å². The Hall–Kier alpha value is -0.0900. The molecule has 0 heterocycles. The van der Waals surface area contributed by atoms with Crippen LogP contribution in [0.2, 0.25) is 0 Å². The van der Waals surface area contributed by atoms with E-state index in [0.29, 0.717) is 5.92 Å². The lowest BCUT2D eigenvalue weighted by molar-refractivity contribution is 0.514. The van der Waals surface area contributed by atoms with Gasteiger partial charge in [0.1, 0.15) is 0 Å². The van der Waals surface area contributed by atoms with Crippen LogP contribution in [0.3, 0.4) is 0 Å². The average Bonchev–Trinajstić information content (AvgIpc) is 2.17. The molecule has 1 nitrogen and oxygen atoms in total. The predicted molar refractivity (Wildman–Crippen MR) is 70.3 cm³/mol. The molecule has 0 aliphatic heterocycles. The summed E-state index contributed by atoms with van der Waals surface area (Å²) in [4.78, 5) is 0. The monoisotopic (exact) mass is 303 g/mol. The van der Waals surface area contributed by atoms with Crippen molar-refractivity contribution in [2.75, 3.05) is 0 Å². The minimum atomic E-state index is 0.164. The van der Waals surface area contributed by atoms with Gasteiger partial charge in [0.2, 0.25) is 0 Å². The first kappa shape index (κ1) is 12.0. The fourth-order valence-corrected chi connectivity index (χ4v) is 2.17. The summed E-state index contributed by atoms with van der Waals surface area (Å²) in [6, 6.07) is 6.71. The molecule has 0 bridgehead atoms. The van der Waals surface area contributed by atoms with Crippen molar-refractivity contribution in [3.8, 4) is 0 Å². The molecular formula is C12H18IN. The summed E-state index contributed by atoms with van der Waals surface area (Å²) in [5.41, 5.74) is 8.77. The lowest BCUT2D eigenvalue weighted by atomic mass is 9.95. The molecule has 1 atom stereocenters. The Labute approximate surface area is 100 Å². The maximum Gasteiger partial charge on any atom is 0.0318 e. The van der Waals surface area contributed by atoms with Gasteiger partial charge in [0.05, 0.1) is 0 Å². The quantitative estimate of drug-likeness (QED) is 0.850.